The van der Waals surface area contributed by atoms with Gasteiger partial charge in [0.25, 0.3) is 5.91 Å². The van der Waals surface area contributed by atoms with Crippen LogP contribution in [0.25, 0.3) is 10.9 Å². The Morgan fingerprint density at radius 3 is 2.95 bits per heavy atom. The van der Waals surface area contributed by atoms with Crippen molar-refractivity contribution >= 4 is 28.4 Å². The molecule has 0 saturated heterocycles. The SMILES string of the molecule is CCOCCCNC(=O)c1cc2ccc(Cl)cc2n1C. The predicted octanol–water partition coefficient (Wildman–Crippen LogP) is 2.99. The van der Waals surface area contributed by atoms with Crippen LogP contribution in [-0.2, 0) is 11.8 Å². The maximum atomic E-state index is 12.1. The summed E-state index contributed by atoms with van der Waals surface area (Å²) < 4.78 is 7.09. The minimum Gasteiger partial charge on any atom is -0.382 e. The molecule has 1 aromatic heterocycles. The maximum Gasteiger partial charge on any atom is 0.267 e. The summed E-state index contributed by atoms with van der Waals surface area (Å²) in [5, 5.41) is 4.58. The van der Waals surface area contributed by atoms with Gasteiger partial charge in [0.2, 0.25) is 0 Å². The Balaban J connectivity index is 2.05. The molecule has 108 valence electrons. The first-order valence-electron chi connectivity index (χ1n) is 6.74. The number of carbonyl (C=O) groups is 1. The number of amides is 1. The van der Waals surface area contributed by atoms with Crippen molar-refractivity contribution in [2.45, 2.75) is 13.3 Å². The van der Waals surface area contributed by atoms with E-state index in [9.17, 15) is 4.79 Å². The average Bonchev–Trinajstić information content (AvgIpc) is 2.76. The van der Waals surface area contributed by atoms with Gasteiger partial charge in [0, 0.05) is 42.7 Å². The van der Waals surface area contributed by atoms with E-state index in [0.29, 0.717) is 30.5 Å². The van der Waals surface area contributed by atoms with Gasteiger partial charge in [0.1, 0.15) is 5.69 Å². The van der Waals surface area contributed by atoms with Gasteiger partial charge in [-0.3, -0.25) is 4.79 Å². The number of aryl methyl sites for hydroxylation is 1. The topological polar surface area (TPSA) is 43.3 Å². The van der Waals surface area contributed by atoms with Crippen molar-refractivity contribution < 1.29 is 9.53 Å². The number of fused-ring (bicyclic) bond motifs is 1. The van der Waals surface area contributed by atoms with Crippen LogP contribution in [0.5, 0.6) is 0 Å². The van der Waals surface area contributed by atoms with E-state index in [0.717, 1.165) is 17.3 Å². The molecule has 1 N–H and O–H groups in total. The molecule has 4 nitrogen and oxygen atoms in total. The molecule has 0 spiro atoms. The molecule has 1 aromatic carbocycles. The van der Waals surface area contributed by atoms with E-state index in [1.54, 1.807) is 0 Å². The van der Waals surface area contributed by atoms with Crippen molar-refractivity contribution in [3.8, 4) is 0 Å². The highest BCUT2D eigenvalue weighted by Gasteiger charge is 2.12. The Labute approximate surface area is 123 Å². The molecule has 5 heteroatoms. The molecule has 20 heavy (non-hydrogen) atoms. The highest BCUT2D eigenvalue weighted by Crippen LogP contribution is 2.22. The van der Waals surface area contributed by atoms with Crippen molar-refractivity contribution in [3.63, 3.8) is 0 Å². The van der Waals surface area contributed by atoms with E-state index in [-0.39, 0.29) is 5.91 Å². The molecule has 0 radical (unpaired) electrons. The molecule has 0 atom stereocenters. The van der Waals surface area contributed by atoms with Crippen LogP contribution in [0.15, 0.2) is 24.3 Å². The molecule has 1 heterocycles. The average molecular weight is 295 g/mol. The number of hydrogen-bond donors (Lipinski definition) is 1. The first-order chi connectivity index (χ1) is 9.63. The fraction of sp³-hybridized carbons (Fsp3) is 0.400. The summed E-state index contributed by atoms with van der Waals surface area (Å²) in [4.78, 5) is 12.1. The molecule has 0 saturated carbocycles. The molecule has 0 bridgehead atoms. The normalized spacial score (nSPS) is 10.9. The van der Waals surface area contributed by atoms with Crippen molar-refractivity contribution in [3.05, 3.63) is 35.0 Å². The van der Waals surface area contributed by atoms with Gasteiger partial charge in [0.05, 0.1) is 0 Å². The zero-order valence-electron chi connectivity index (χ0n) is 11.8. The number of nitrogens with one attached hydrogen (secondary N) is 1. The fourth-order valence-electron chi connectivity index (χ4n) is 2.13. The first kappa shape index (κ1) is 14.9. The Kier molecular flexibility index (Phi) is 5.04. The minimum atomic E-state index is -0.0729. The second-order valence-electron chi connectivity index (χ2n) is 4.60. The molecule has 1 amide bonds. The first-order valence-corrected chi connectivity index (χ1v) is 7.12. The van der Waals surface area contributed by atoms with Crippen LogP contribution in [0.4, 0.5) is 0 Å². The Bertz CT molecular complexity index is 607. The van der Waals surface area contributed by atoms with Crippen molar-refractivity contribution in [1.29, 1.82) is 0 Å². The Morgan fingerprint density at radius 2 is 2.20 bits per heavy atom. The summed E-state index contributed by atoms with van der Waals surface area (Å²) in [7, 11) is 1.87. The zero-order valence-corrected chi connectivity index (χ0v) is 12.5. The highest BCUT2D eigenvalue weighted by molar-refractivity contribution is 6.31. The van der Waals surface area contributed by atoms with Crippen LogP contribution >= 0.6 is 11.6 Å². The van der Waals surface area contributed by atoms with Gasteiger partial charge in [-0.1, -0.05) is 17.7 Å². The van der Waals surface area contributed by atoms with E-state index in [2.05, 4.69) is 5.32 Å². The Hall–Kier alpha value is -1.52. The number of benzene rings is 1. The van der Waals surface area contributed by atoms with Crippen LogP contribution < -0.4 is 5.32 Å². The maximum absolute atomic E-state index is 12.1. The van der Waals surface area contributed by atoms with E-state index in [1.165, 1.54) is 0 Å². The number of rotatable bonds is 6. The van der Waals surface area contributed by atoms with Crippen molar-refractivity contribution in [1.82, 2.24) is 9.88 Å². The molecular formula is C15H19ClN2O2. The lowest BCUT2D eigenvalue weighted by Crippen LogP contribution is -2.27. The lowest BCUT2D eigenvalue weighted by atomic mass is 10.2. The van der Waals surface area contributed by atoms with E-state index in [1.807, 2.05) is 42.8 Å². The monoisotopic (exact) mass is 294 g/mol. The van der Waals surface area contributed by atoms with Gasteiger partial charge in [-0.15, -0.1) is 0 Å². The lowest BCUT2D eigenvalue weighted by Gasteiger charge is -2.06. The van der Waals surface area contributed by atoms with E-state index < -0.39 is 0 Å². The number of ether oxygens (including phenoxy) is 1. The largest absolute Gasteiger partial charge is 0.382 e. The third-order valence-electron chi connectivity index (χ3n) is 3.20. The van der Waals surface area contributed by atoms with Gasteiger partial charge >= 0.3 is 0 Å². The number of halogens is 1. The van der Waals surface area contributed by atoms with Crippen LogP contribution in [0, 0.1) is 0 Å². The van der Waals surface area contributed by atoms with Gasteiger partial charge < -0.3 is 14.6 Å². The Morgan fingerprint density at radius 1 is 1.40 bits per heavy atom. The summed E-state index contributed by atoms with van der Waals surface area (Å²) >= 11 is 5.98. The number of carbonyl (C=O) groups excluding carboxylic acids is 1. The number of aromatic nitrogens is 1. The van der Waals surface area contributed by atoms with Crippen molar-refractivity contribution in [2.24, 2.45) is 7.05 Å². The molecular weight excluding hydrogens is 276 g/mol. The summed E-state index contributed by atoms with van der Waals surface area (Å²) in [5.41, 5.74) is 1.59. The van der Waals surface area contributed by atoms with Crippen LogP contribution in [-0.4, -0.2) is 30.2 Å². The molecule has 0 aliphatic carbocycles. The lowest BCUT2D eigenvalue weighted by molar-refractivity contribution is 0.0936. The summed E-state index contributed by atoms with van der Waals surface area (Å²) in [5.74, 6) is -0.0729. The second-order valence-corrected chi connectivity index (χ2v) is 5.03. The fourth-order valence-corrected chi connectivity index (χ4v) is 2.30. The van der Waals surface area contributed by atoms with Gasteiger partial charge in [-0.25, -0.2) is 0 Å². The third kappa shape index (κ3) is 3.32. The van der Waals surface area contributed by atoms with E-state index >= 15 is 0 Å². The number of nitrogens with zero attached hydrogens (tertiary/aromatic N) is 1. The van der Waals surface area contributed by atoms with Crippen LogP contribution in [0.2, 0.25) is 5.02 Å². The minimum absolute atomic E-state index is 0.0729. The smallest absolute Gasteiger partial charge is 0.267 e. The van der Waals surface area contributed by atoms with Gasteiger partial charge in [-0.2, -0.15) is 0 Å². The van der Waals surface area contributed by atoms with Gasteiger partial charge in [0.15, 0.2) is 0 Å². The standard InChI is InChI=1S/C15H19ClN2O2/c1-3-20-8-4-7-17-15(19)14-9-11-5-6-12(16)10-13(11)18(14)2/h5-6,9-10H,3-4,7-8H2,1-2H3,(H,17,19). The zero-order chi connectivity index (χ0) is 14.5. The quantitative estimate of drug-likeness (QED) is 0.832. The molecule has 0 aliphatic rings. The summed E-state index contributed by atoms with van der Waals surface area (Å²) in [6.45, 7) is 3.94. The second kappa shape index (κ2) is 6.77. The van der Waals surface area contributed by atoms with Crippen molar-refractivity contribution in [2.75, 3.05) is 19.8 Å². The summed E-state index contributed by atoms with van der Waals surface area (Å²) in [6, 6.07) is 7.49. The van der Waals surface area contributed by atoms with Crippen LogP contribution in [0.1, 0.15) is 23.8 Å². The summed E-state index contributed by atoms with van der Waals surface area (Å²) in [6.07, 6.45) is 0.815. The molecule has 2 aromatic rings. The van der Waals surface area contributed by atoms with E-state index in [4.69, 9.17) is 16.3 Å². The molecule has 2 rings (SSSR count). The molecule has 0 aliphatic heterocycles. The third-order valence-corrected chi connectivity index (χ3v) is 3.43. The highest BCUT2D eigenvalue weighted by atomic mass is 35.5. The predicted molar refractivity (Wildman–Crippen MR) is 81.4 cm³/mol. The molecule has 0 fully saturated rings. The molecule has 0 unspecified atom stereocenters. The van der Waals surface area contributed by atoms with Gasteiger partial charge in [-0.05, 0) is 31.5 Å². The van der Waals surface area contributed by atoms with Crippen LogP contribution in [0.3, 0.4) is 0 Å². The number of hydrogen-bond acceptors (Lipinski definition) is 2.